The highest BCUT2D eigenvalue weighted by molar-refractivity contribution is 5.96. The quantitative estimate of drug-likeness (QED) is 0.533. The standard InChI is InChI=1S/C24H26N2O3/c1-18-13-14-22(28-2)21(17-18)26-24(27)23(19-9-5-3-6-10-19)25-15-16-29-20-11-7-4-8-12-20/h3-14,17,23,25H,15-16H2,1-2H3,(H,26,27)/t23-/m1/s1. The number of nitrogens with one attached hydrogen (secondary N) is 2. The summed E-state index contributed by atoms with van der Waals surface area (Å²) in [6, 6.07) is 24.4. The Bertz CT molecular complexity index is 914. The Balaban J connectivity index is 1.68. The third-order valence-electron chi connectivity index (χ3n) is 4.47. The van der Waals surface area contributed by atoms with Gasteiger partial charge in [-0.15, -0.1) is 0 Å². The van der Waals surface area contributed by atoms with Gasteiger partial charge in [0.25, 0.3) is 0 Å². The molecule has 0 bridgehead atoms. The minimum atomic E-state index is -0.513. The minimum absolute atomic E-state index is 0.153. The van der Waals surface area contributed by atoms with E-state index >= 15 is 0 Å². The number of methoxy groups -OCH3 is 1. The summed E-state index contributed by atoms with van der Waals surface area (Å²) in [5.41, 5.74) is 2.58. The third kappa shape index (κ3) is 5.83. The highest BCUT2D eigenvalue weighted by Gasteiger charge is 2.21. The summed E-state index contributed by atoms with van der Waals surface area (Å²) in [6.45, 7) is 2.95. The normalized spacial score (nSPS) is 11.5. The van der Waals surface area contributed by atoms with Gasteiger partial charge in [-0.05, 0) is 42.3 Å². The van der Waals surface area contributed by atoms with Crippen LogP contribution in [-0.4, -0.2) is 26.2 Å². The fraction of sp³-hybridized carbons (Fsp3) is 0.208. The number of carbonyl (C=O) groups excluding carboxylic acids is 1. The molecular weight excluding hydrogens is 364 g/mol. The van der Waals surface area contributed by atoms with Crippen LogP contribution in [0.25, 0.3) is 0 Å². The van der Waals surface area contributed by atoms with Crippen molar-refractivity contribution in [1.29, 1.82) is 0 Å². The monoisotopic (exact) mass is 390 g/mol. The first-order valence-electron chi connectivity index (χ1n) is 9.59. The van der Waals surface area contributed by atoms with E-state index in [4.69, 9.17) is 9.47 Å². The van der Waals surface area contributed by atoms with Crippen LogP contribution in [0.5, 0.6) is 11.5 Å². The topological polar surface area (TPSA) is 59.6 Å². The van der Waals surface area contributed by atoms with E-state index in [0.717, 1.165) is 16.9 Å². The largest absolute Gasteiger partial charge is 0.495 e. The van der Waals surface area contributed by atoms with Gasteiger partial charge in [0.2, 0.25) is 5.91 Å². The van der Waals surface area contributed by atoms with E-state index in [1.807, 2.05) is 85.8 Å². The number of benzene rings is 3. The minimum Gasteiger partial charge on any atom is -0.495 e. The lowest BCUT2D eigenvalue weighted by molar-refractivity contribution is -0.118. The lowest BCUT2D eigenvalue weighted by Gasteiger charge is -2.20. The molecule has 0 aliphatic heterocycles. The second-order valence-corrected chi connectivity index (χ2v) is 6.65. The number of anilines is 1. The zero-order chi connectivity index (χ0) is 20.5. The van der Waals surface area contributed by atoms with E-state index in [-0.39, 0.29) is 5.91 Å². The zero-order valence-electron chi connectivity index (χ0n) is 16.7. The number of hydrogen-bond donors (Lipinski definition) is 2. The molecule has 0 spiro atoms. The molecule has 1 atom stereocenters. The molecule has 150 valence electrons. The van der Waals surface area contributed by atoms with Crippen molar-refractivity contribution in [3.63, 3.8) is 0 Å². The lowest BCUT2D eigenvalue weighted by Crippen LogP contribution is -2.35. The Morgan fingerprint density at radius 1 is 0.966 bits per heavy atom. The smallest absolute Gasteiger partial charge is 0.246 e. The van der Waals surface area contributed by atoms with Gasteiger partial charge in [-0.3, -0.25) is 10.1 Å². The molecule has 0 saturated carbocycles. The molecule has 0 aromatic heterocycles. The van der Waals surface area contributed by atoms with Crippen LogP contribution in [0.4, 0.5) is 5.69 Å². The average Bonchev–Trinajstić information content (AvgIpc) is 2.75. The van der Waals surface area contributed by atoms with Crippen molar-refractivity contribution in [2.45, 2.75) is 13.0 Å². The van der Waals surface area contributed by atoms with E-state index in [2.05, 4.69) is 10.6 Å². The molecule has 0 aliphatic carbocycles. The number of ether oxygens (including phenoxy) is 2. The van der Waals surface area contributed by atoms with Gasteiger partial charge >= 0.3 is 0 Å². The van der Waals surface area contributed by atoms with Crippen LogP contribution < -0.4 is 20.1 Å². The van der Waals surface area contributed by atoms with Crippen molar-refractivity contribution in [2.24, 2.45) is 0 Å². The van der Waals surface area contributed by atoms with Gasteiger partial charge in [-0.25, -0.2) is 0 Å². The Kier molecular flexibility index (Phi) is 7.25. The van der Waals surface area contributed by atoms with Gasteiger partial charge in [0.15, 0.2) is 0 Å². The second-order valence-electron chi connectivity index (χ2n) is 6.65. The number of hydrogen-bond acceptors (Lipinski definition) is 4. The lowest BCUT2D eigenvalue weighted by atomic mass is 10.1. The van der Waals surface area contributed by atoms with Gasteiger partial charge < -0.3 is 14.8 Å². The molecule has 3 rings (SSSR count). The van der Waals surface area contributed by atoms with Crippen LogP contribution >= 0.6 is 0 Å². The molecule has 0 fully saturated rings. The molecule has 1 amide bonds. The van der Waals surface area contributed by atoms with E-state index in [1.54, 1.807) is 7.11 Å². The van der Waals surface area contributed by atoms with Gasteiger partial charge in [-0.1, -0.05) is 54.6 Å². The predicted molar refractivity (Wildman–Crippen MR) is 115 cm³/mol. The van der Waals surface area contributed by atoms with Gasteiger partial charge in [-0.2, -0.15) is 0 Å². The molecular formula is C24H26N2O3. The SMILES string of the molecule is COc1ccc(C)cc1NC(=O)[C@H](NCCOc1ccccc1)c1ccccc1. The maximum absolute atomic E-state index is 13.1. The van der Waals surface area contributed by atoms with Crippen molar-refractivity contribution >= 4 is 11.6 Å². The van der Waals surface area contributed by atoms with E-state index in [1.165, 1.54) is 0 Å². The molecule has 0 aliphatic rings. The predicted octanol–water partition coefficient (Wildman–Crippen LogP) is 4.35. The van der Waals surface area contributed by atoms with E-state index in [0.29, 0.717) is 24.6 Å². The summed E-state index contributed by atoms with van der Waals surface area (Å²) >= 11 is 0. The maximum atomic E-state index is 13.1. The van der Waals surface area contributed by atoms with E-state index in [9.17, 15) is 4.79 Å². The maximum Gasteiger partial charge on any atom is 0.246 e. The molecule has 5 nitrogen and oxygen atoms in total. The van der Waals surface area contributed by atoms with Crippen molar-refractivity contribution in [2.75, 3.05) is 25.6 Å². The van der Waals surface area contributed by atoms with Crippen LogP contribution in [0.1, 0.15) is 17.2 Å². The van der Waals surface area contributed by atoms with Crippen molar-refractivity contribution < 1.29 is 14.3 Å². The first kappa shape index (κ1) is 20.4. The molecule has 5 heteroatoms. The molecule has 0 saturated heterocycles. The average molecular weight is 390 g/mol. The van der Waals surface area contributed by atoms with Crippen LogP contribution in [-0.2, 0) is 4.79 Å². The second kappa shape index (κ2) is 10.3. The number of rotatable bonds is 9. The Morgan fingerprint density at radius 3 is 2.34 bits per heavy atom. The fourth-order valence-corrected chi connectivity index (χ4v) is 3.02. The first-order valence-corrected chi connectivity index (χ1v) is 9.59. The van der Waals surface area contributed by atoms with Gasteiger partial charge in [0.05, 0.1) is 12.8 Å². The number of para-hydroxylation sites is 1. The zero-order valence-corrected chi connectivity index (χ0v) is 16.7. The first-order chi connectivity index (χ1) is 14.2. The van der Waals surface area contributed by atoms with Crippen LogP contribution in [0, 0.1) is 6.92 Å². The van der Waals surface area contributed by atoms with Gasteiger partial charge in [0, 0.05) is 6.54 Å². The Labute approximate surface area is 171 Å². The van der Waals surface area contributed by atoms with Crippen molar-refractivity contribution in [3.05, 3.63) is 90.0 Å². The van der Waals surface area contributed by atoms with Gasteiger partial charge in [0.1, 0.15) is 24.1 Å². The molecule has 0 heterocycles. The number of carbonyl (C=O) groups is 1. The Hall–Kier alpha value is -3.31. The summed E-state index contributed by atoms with van der Waals surface area (Å²) in [5.74, 6) is 1.28. The highest BCUT2D eigenvalue weighted by Crippen LogP contribution is 2.26. The van der Waals surface area contributed by atoms with Crippen molar-refractivity contribution in [1.82, 2.24) is 5.32 Å². The molecule has 2 N–H and O–H groups in total. The highest BCUT2D eigenvalue weighted by atomic mass is 16.5. The third-order valence-corrected chi connectivity index (χ3v) is 4.47. The molecule has 0 unspecified atom stereocenters. The summed E-state index contributed by atoms with van der Waals surface area (Å²) < 4.78 is 11.1. The Morgan fingerprint density at radius 2 is 1.66 bits per heavy atom. The summed E-state index contributed by atoms with van der Waals surface area (Å²) in [6.07, 6.45) is 0. The fourth-order valence-electron chi connectivity index (χ4n) is 3.02. The summed E-state index contributed by atoms with van der Waals surface area (Å²) in [4.78, 5) is 13.1. The van der Waals surface area contributed by atoms with Crippen molar-refractivity contribution in [3.8, 4) is 11.5 Å². The van der Waals surface area contributed by atoms with Crippen LogP contribution in [0.15, 0.2) is 78.9 Å². The number of aryl methyl sites for hydroxylation is 1. The molecule has 0 radical (unpaired) electrons. The van der Waals surface area contributed by atoms with Crippen LogP contribution in [0.2, 0.25) is 0 Å². The number of amides is 1. The van der Waals surface area contributed by atoms with Crippen LogP contribution in [0.3, 0.4) is 0 Å². The summed E-state index contributed by atoms with van der Waals surface area (Å²) in [7, 11) is 1.59. The molecule has 3 aromatic carbocycles. The van der Waals surface area contributed by atoms with E-state index < -0.39 is 6.04 Å². The molecule has 29 heavy (non-hydrogen) atoms. The summed E-state index contributed by atoms with van der Waals surface area (Å²) in [5, 5.41) is 6.29. The molecule has 3 aromatic rings.